The van der Waals surface area contributed by atoms with Crippen LogP contribution in [-0.2, 0) is 25.8 Å². The Balaban J connectivity index is 1.65. The number of anilines is 1. The van der Waals surface area contributed by atoms with Gasteiger partial charge < -0.3 is 9.64 Å². The lowest BCUT2D eigenvalue weighted by atomic mass is 10.1. The fourth-order valence-corrected chi connectivity index (χ4v) is 3.83. The zero-order valence-corrected chi connectivity index (χ0v) is 15.7. The van der Waals surface area contributed by atoms with Crippen molar-refractivity contribution in [3.05, 3.63) is 59.7 Å². The van der Waals surface area contributed by atoms with E-state index in [1.807, 2.05) is 31.2 Å². The minimum atomic E-state index is -4.74. The number of carbonyl (C=O) groups is 2. The quantitative estimate of drug-likeness (QED) is 0.710. The molecule has 0 bridgehead atoms. The van der Waals surface area contributed by atoms with Gasteiger partial charge in [0.2, 0.25) is 9.84 Å². The van der Waals surface area contributed by atoms with Gasteiger partial charge >= 0.3 is 11.7 Å². The number of sulfone groups is 1. The van der Waals surface area contributed by atoms with Crippen LogP contribution >= 0.6 is 0 Å². The van der Waals surface area contributed by atoms with Crippen LogP contribution in [0.4, 0.5) is 14.5 Å². The summed E-state index contributed by atoms with van der Waals surface area (Å²) in [6.07, 6.45) is 0.704. The minimum absolute atomic E-state index is 0.0455. The number of nitrogens with zero attached hydrogens (tertiary/aromatic N) is 1. The molecule has 2 aromatic carbocycles. The number of carbonyl (C=O) groups excluding carboxylic acids is 2. The van der Waals surface area contributed by atoms with Gasteiger partial charge in [0.1, 0.15) is 0 Å². The number of amides is 1. The predicted octanol–water partition coefficient (Wildman–Crippen LogP) is 2.82. The SMILES string of the molecule is C[C@H]1Cc2ccccc2N1C(=O)COC(=O)c1ccc(S(=O)(=O)C(F)F)cc1. The zero-order valence-electron chi connectivity index (χ0n) is 14.8. The summed E-state index contributed by atoms with van der Waals surface area (Å²) in [5.74, 6) is -4.79. The highest BCUT2D eigenvalue weighted by Gasteiger charge is 2.31. The molecule has 0 spiro atoms. The van der Waals surface area contributed by atoms with E-state index in [9.17, 15) is 26.8 Å². The molecule has 1 heterocycles. The highest BCUT2D eigenvalue weighted by atomic mass is 32.2. The smallest absolute Gasteiger partial charge is 0.341 e. The molecule has 0 saturated carbocycles. The van der Waals surface area contributed by atoms with E-state index >= 15 is 0 Å². The largest absolute Gasteiger partial charge is 0.452 e. The summed E-state index contributed by atoms with van der Waals surface area (Å²) >= 11 is 0. The first-order valence-electron chi connectivity index (χ1n) is 8.41. The fourth-order valence-electron chi connectivity index (χ4n) is 3.11. The summed E-state index contributed by atoms with van der Waals surface area (Å²) in [6.45, 7) is 1.40. The van der Waals surface area contributed by atoms with Gasteiger partial charge in [-0.1, -0.05) is 18.2 Å². The number of para-hydroxylation sites is 1. The highest BCUT2D eigenvalue weighted by molar-refractivity contribution is 7.91. The van der Waals surface area contributed by atoms with E-state index in [-0.39, 0.29) is 17.5 Å². The van der Waals surface area contributed by atoms with Crippen molar-refractivity contribution in [2.45, 2.75) is 30.0 Å². The van der Waals surface area contributed by atoms with Crippen LogP contribution in [0.5, 0.6) is 0 Å². The maximum absolute atomic E-state index is 12.5. The maximum Gasteiger partial charge on any atom is 0.341 e. The van der Waals surface area contributed by atoms with Crippen molar-refractivity contribution in [1.29, 1.82) is 0 Å². The van der Waals surface area contributed by atoms with E-state index in [0.717, 1.165) is 35.5 Å². The van der Waals surface area contributed by atoms with Gasteiger partial charge in [-0.3, -0.25) is 4.79 Å². The van der Waals surface area contributed by atoms with Gasteiger partial charge in [-0.05, 0) is 49.2 Å². The van der Waals surface area contributed by atoms with Crippen LogP contribution in [0.3, 0.4) is 0 Å². The van der Waals surface area contributed by atoms with E-state index in [1.165, 1.54) is 0 Å². The first kappa shape index (κ1) is 19.9. The van der Waals surface area contributed by atoms with Gasteiger partial charge in [0.15, 0.2) is 6.61 Å². The molecule has 2 aromatic rings. The van der Waals surface area contributed by atoms with Crippen molar-refractivity contribution in [1.82, 2.24) is 0 Å². The van der Waals surface area contributed by atoms with E-state index < -0.39 is 33.1 Å². The third kappa shape index (κ3) is 3.75. The standard InChI is InChI=1S/C19H17F2NO5S/c1-12-10-14-4-2-3-5-16(14)22(12)17(23)11-27-18(24)13-6-8-15(9-7-13)28(25,26)19(20)21/h2-9,12,19H,10-11H2,1H3/t12-/m0/s1. The van der Waals surface area contributed by atoms with Crippen LogP contribution in [0.25, 0.3) is 0 Å². The van der Waals surface area contributed by atoms with Crippen molar-refractivity contribution >= 4 is 27.4 Å². The van der Waals surface area contributed by atoms with Crippen LogP contribution in [0.1, 0.15) is 22.8 Å². The molecule has 1 amide bonds. The van der Waals surface area contributed by atoms with Crippen molar-refractivity contribution < 1.29 is 31.5 Å². The third-order valence-corrected chi connectivity index (χ3v) is 5.85. The van der Waals surface area contributed by atoms with Gasteiger partial charge in [-0.25, -0.2) is 13.2 Å². The first-order chi connectivity index (χ1) is 13.2. The lowest BCUT2D eigenvalue weighted by molar-refractivity contribution is -0.122. The lowest BCUT2D eigenvalue weighted by Gasteiger charge is -2.22. The second kappa shape index (κ2) is 7.67. The monoisotopic (exact) mass is 409 g/mol. The Morgan fingerprint density at radius 2 is 1.79 bits per heavy atom. The lowest BCUT2D eigenvalue weighted by Crippen LogP contribution is -2.38. The molecule has 0 fully saturated rings. The molecule has 28 heavy (non-hydrogen) atoms. The summed E-state index contributed by atoms with van der Waals surface area (Å²) in [6, 6.07) is 11.3. The molecule has 0 saturated heterocycles. The molecule has 148 valence electrons. The number of ether oxygens (including phenoxy) is 1. The van der Waals surface area contributed by atoms with Gasteiger partial charge in [-0.2, -0.15) is 8.78 Å². The topological polar surface area (TPSA) is 80.8 Å². The molecule has 1 atom stereocenters. The van der Waals surface area contributed by atoms with Crippen molar-refractivity contribution in [3.8, 4) is 0 Å². The van der Waals surface area contributed by atoms with Gasteiger partial charge in [0.25, 0.3) is 5.91 Å². The molecule has 0 aromatic heterocycles. The molecule has 9 heteroatoms. The van der Waals surface area contributed by atoms with Crippen molar-refractivity contribution in [2.75, 3.05) is 11.5 Å². The van der Waals surface area contributed by atoms with E-state index in [2.05, 4.69) is 0 Å². The van der Waals surface area contributed by atoms with Crippen LogP contribution in [0, 0.1) is 0 Å². The highest BCUT2D eigenvalue weighted by Crippen LogP contribution is 2.31. The molecule has 6 nitrogen and oxygen atoms in total. The average Bonchev–Trinajstić information content (AvgIpc) is 3.01. The van der Waals surface area contributed by atoms with Crippen LogP contribution in [-0.4, -0.2) is 38.7 Å². The Kier molecular flexibility index (Phi) is 5.46. The summed E-state index contributed by atoms with van der Waals surface area (Å²) in [7, 11) is -4.74. The summed E-state index contributed by atoms with van der Waals surface area (Å²) in [4.78, 5) is 25.6. The van der Waals surface area contributed by atoms with E-state index in [0.29, 0.717) is 6.42 Å². The molecule has 0 radical (unpaired) electrons. The Morgan fingerprint density at radius 1 is 1.14 bits per heavy atom. The second-order valence-electron chi connectivity index (χ2n) is 6.35. The number of alkyl halides is 2. The normalized spacial score (nSPS) is 16.1. The number of esters is 1. The van der Waals surface area contributed by atoms with Gasteiger partial charge in [-0.15, -0.1) is 0 Å². The number of hydrogen-bond acceptors (Lipinski definition) is 5. The molecule has 3 rings (SSSR count). The Morgan fingerprint density at radius 3 is 2.43 bits per heavy atom. The molecule has 0 N–H and O–H groups in total. The molecular weight excluding hydrogens is 392 g/mol. The average molecular weight is 409 g/mol. The minimum Gasteiger partial charge on any atom is -0.452 e. The van der Waals surface area contributed by atoms with Crippen molar-refractivity contribution in [2.24, 2.45) is 0 Å². The first-order valence-corrected chi connectivity index (χ1v) is 9.95. The number of hydrogen-bond donors (Lipinski definition) is 0. The summed E-state index contributed by atoms with van der Waals surface area (Å²) in [5, 5.41) is 0. The van der Waals surface area contributed by atoms with E-state index in [4.69, 9.17) is 4.74 Å². The predicted molar refractivity (Wildman–Crippen MR) is 97.0 cm³/mol. The molecule has 0 aliphatic carbocycles. The van der Waals surface area contributed by atoms with Crippen LogP contribution in [0.15, 0.2) is 53.4 Å². The fraction of sp³-hybridized carbons (Fsp3) is 0.263. The third-order valence-electron chi connectivity index (χ3n) is 4.46. The number of benzene rings is 2. The summed E-state index contributed by atoms with van der Waals surface area (Å²) < 4.78 is 52.9. The number of rotatable bonds is 5. The number of fused-ring (bicyclic) bond motifs is 1. The van der Waals surface area contributed by atoms with Gasteiger partial charge in [0, 0.05) is 11.7 Å². The Bertz CT molecular complexity index is 1010. The van der Waals surface area contributed by atoms with Crippen molar-refractivity contribution in [3.63, 3.8) is 0 Å². The molecule has 1 aliphatic rings. The molecule has 1 aliphatic heterocycles. The van der Waals surface area contributed by atoms with Gasteiger partial charge in [0.05, 0.1) is 10.5 Å². The van der Waals surface area contributed by atoms with E-state index in [1.54, 1.807) is 4.90 Å². The Hall–Kier alpha value is -2.81. The maximum atomic E-state index is 12.5. The van der Waals surface area contributed by atoms with Crippen LogP contribution < -0.4 is 4.90 Å². The summed E-state index contributed by atoms with van der Waals surface area (Å²) in [5.41, 5.74) is 1.76. The zero-order chi connectivity index (χ0) is 20.5. The second-order valence-corrected chi connectivity index (χ2v) is 8.27. The molecule has 0 unspecified atom stereocenters. The molecular formula is C19H17F2NO5S. The Labute approximate surface area is 160 Å². The van der Waals surface area contributed by atoms with Crippen LogP contribution in [0.2, 0.25) is 0 Å². The number of halogens is 2.